The minimum Gasteiger partial charge on any atom is -0.480 e. The van der Waals surface area contributed by atoms with Crippen molar-refractivity contribution in [2.75, 3.05) is 45.8 Å². The van der Waals surface area contributed by atoms with Crippen LogP contribution in [-0.4, -0.2) is 182 Å². The lowest BCUT2D eigenvalue weighted by molar-refractivity contribution is -0.138. The highest BCUT2D eigenvalue weighted by Crippen LogP contribution is 2.14. The first-order valence-electron chi connectivity index (χ1n) is 34.2. The molecule has 0 aromatic heterocycles. The molecule has 0 aliphatic carbocycles. The van der Waals surface area contributed by atoms with Crippen LogP contribution in [0.25, 0.3) is 0 Å². The van der Waals surface area contributed by atoms with Crippen LogP contribution in [0.2, 0.25) is 0 Å². The Morgan fingerprint density at radius 1 is 0.371 bits per heavy atom. The van der Waals surface area contributed by atoms with Crippen molar-refractivity contribution in [3.63, 3.8) is 0 Å². The van der Waals surface area contributed by atoms with E-state index < -0.39 is 144 Å². The number of rotatable bonds is 51. The number of benzene rings is 2. The van der Waals surface area contributed by atoms with Crippen LogP contribution in [0, 0.1) is 11.8 Å². The third kappa shape index (κ3) is 34.6. The molecule has 0 unspecified atom stereocenters. The smallest absolute Gasteiger partial charge is 0.322 e. The lowest BCUT2D eigenvalue weighted by atomic mass is 9.99. The fourth-order valence-electron chi connectivity index (χ4n) is 10.3. The van der Waals surface area contributed by atoms with Gasteiger partial charge in [0.25, 0.3) is 0 Å². The van der Waals surface area contributed by atoms with Crippen LogP contribution in [0.15, 0.2) is 60.7 Å². The Balaban J connectivity index is 2.44. The Morgan fingerprint density at radius 3 is 1.04 bits per heavy atom. The normalized spacial score (nSPS) is 14.6. The maximum absolute atomic E-state index is 14.6. The van der Waals surface area contributed by atoms with Gasteiger partial charge in [0.15, 0.2) is 0 Å². The van der Waals surface area contributed by atoms with Crippen molar-refractivity contribution in [3.8, 4) is 0 Å². The Morgan fingerprint density at radius 2 is 0.680 bits per heavy atom. The van der Waals surface area contributed by atoms with E-state index in [9.17, 15) is 62.6 Å². The van der Waals surface area contributed by atoms with E-state index >= 15 is 0 Å². The lowest BCUT2D eigenvalue weighted by Gasteiger charge is -2.28. The molecule has 30 nitrogen and oxygen atoms in total. The second kappa shape index (κ2) is 48.5. The largest absolute Gasteiger partial charge is 0.480 e. The first kappa shape index (κ1) is 84.9. The van der Waals surface area contributed by atoms with Gasteiger partial charge in [0.2, 0.25) is 65.0 Å². The van der Waals surface area contributed by atoms with Gasteiger partial charge in [0.1, 0.15) is 60.9 Å². The second-order valence-electron chi connectivity index (χ2n) is 25.0. The number of nitrogens with one attached hydrogen (secondary N) is 11. The molecular formula is C67H113N17O13. The molecular weight excluding hydrogens is 1250 g/mol. The van der Waals surface area contributed by atoms with Gasteiger partial charge in [-0.25, -0.2) is 0 Å². The van der Waals surface area contributed by atoms with Crippen molar-refractivity contribution in [2.24, 2.45) is 46.2 Å². The number of carboxylic acids is 1. The summed E-state index contributed by atoms with van der Waals surface area (Å²) in [5.74, 6) is -9.74. The average Bonchev–Trinajstić information content (AvgIpc) is 0.964. The minimum absolute atomic E-state index is 0.0136. The van der Waals surface area contributed by atoms with Gasteiger partial charge in [-0.2, -0.15) is 0 Å². The molecule has 2 rings (SSSR count). The second-order valence-corrected chi connectivity index (χ2v) is 25.0. The van der Waals surface area contributed by atoms with Gasteiger partial charge in [0.05, 0.1) is 12.6 Å². The molecule has 0 aliphatic rings. The number of hydrogen-bond acceptors (Lipinski definition) is 18. The third-order valence-corrected chi connectivity index (χ3v) is 16.2. The summed E-state index contributed by atoms with van der Waals surface area (Å²) in [6.07, 6.45) is 5.20. The average molecular weight is 1360 g/mol. The predicted molar refractivity (Wildman–Crippen MR) is 368 cm³/mol. The van der Waals surface area contributed by atoms with E-state index in [1.807, 2.05) is 27.7 Å². The Kier molecular flexibility index (Phi) is 42.5. The molecule has 30 heteroatoms. The summed E-state index contributed by atoms with van der Waals surface area (Å²) in [6, 6.07) is 5.21. The summed E-state index contributed by atoms with van der Waals surface area (Å²) in [7, 11) is 0. The molecule has 11 atom stereocenters. The summed E-state index contributed by atoms with van der Waals surface area (Å²) in [6.45, 7) is 8.88. The van der Waals surface area contributed by atoms with Gasteiger partial charge in [-0.1, -0.05) is 94.8 Å². The topological polar surface area (TPSA) is 514 Å². The third-order valence-electron chi connectivity index (χ3n) is 16.2. The zero-order valence-corrected chi connectivity index (χ0v) is 57.4. The van der Waals surface area contributed by atoms with Crippen LogP contribution in [0.3, 0.4) is 0 Å². The van der Waals surface area contributed by atoms with E-state index in [1.54, 1.807) is 60.7 Å². The molecule has 2 aromatic carbocycles. The van der Waals surface area contributed by atoms with E-state index in [-0.39, 0.29) is 89.4 Å². The summed E-state index contributed by atoms with van der Waals surface area (Å²) < 4.78 is 0. The molecule has 0 radical (unpaired) electrons. The van der Waals surface area contributed by atoms with Crippen molar-refractivity contribution in [1.29, 1.82) is 0 Å². The quantitative estimate of drug-likeness (QED) is 0.0326. The van der Waals surface area contributed by atoms with E-state index in [4.69, 9.17) is 34.4 Å². The first-order valence-corrected chi connectivity index (χ1v) is 34.2. The van der Waals surface area contributed by atoms with E-state index in [0.717, 1.165) is 0 Å². The fourth-order valence-corrected chi connectivity index (χ4v) is 10.3. The number of carboxylic acid groups (broad SMARTS) is 1. The number of carbonyl (C=O) groups is 12. The van der Waals surface area contributed by atoms with E-state index in [0.29, 0.717) is 88.3 Å². The predicted octanol–water partition coefficient (Wildman–Crippen LogP) is -1.76. The summed E-state index contributed by atoms with van der Waals surface area (Å²) in [4.78, 5) is 165. The Labute approximate surface area is 570 Å². The summed E-state index contributed by atoms with van der Waals surface area (Å²) in [5.41, 5.74) is 36.4. The van der Waals surface area contributed by atoms with Crippen molar-refractivity contribution < 1.29 is 62.6 Å². The maximum atomic E-state index is 14.6. The van der Waals surface area contributed by atoms with Crippen molar-refractivity contribution in [3.05, 3.63) is 71.8 Å². The molecule has 0 spiro atoms. The molecule has 0 bridgehead atoms. The van der Waals surface area contributed by atoms with E-state index in [1.165, 1.54) is 6.92 Å². The Bertz CT molecular complexity index is 2750. The van der Waals surface area contributed by atoms with Crippen molar-refractivity contribution in [1.82, 2.24) is 58.5 Å². The first-order chi connectivity index (χ1) is 46.3. The van der Waals surface area contributed by atoms with Gasteiger partial charge in [-0.15, -0.1) is 0 Å². The lowest BCUT2D eigenvalue weighted by Crippen LogP contribution is -2.60. The van der Waals surface area contributed by atoms with Crippen LogP contribution >= 0.6 is 0 Å². The number of aliphatic carboxylic acids is 1. The molecule has 2 aromatic rings. The highest BCUT2D eigenvalue weighted by Gasteiger charge is 2.36. The maximum Gasteiger partial charge on any atom is 0.322 e. The number of carbonyl (C=O) groups excluding carboxylic acids is 11. The molecule has 0 aliphatic heterocycles. The molecule has 0 heterocycles. The highest BCUT2D eigenvalue weighted by molar-refractivity contribution is 5.99. The zero-order chi connectivity index (χ0) is 72.2. The molecule has 0 saturated heterocycles. The van der Waals surface area contributed by atoms with Crippen LogP contribution < -0.4 is 92.9 Å². The van der Waals surface area contributed by atoms with Crippen molar-refractivity contribution in [2.45, 2.75) is 217 Å². The molecule has 544 valence electrons. The Hall–Kier alpha value is -8.16. The molecule has 11 amide bonds. The van der Waals surface area contributed by atoms with Crippen LogP contribution in [0.5, 0.6) is 0 Å². The van der Waals surface area contributed by atoms with E-state index in [2.05, 4.69) is 58.5 Å². The van der Waals surface area contributed by atoms with Gasteiger partial charge < -0.3 is 98.0 Å². The van der Waals surface area contributed by atoms with Crippen LogP contribution in [-0.2, 0) is 70.4 Å². The highest BCUT2D eigenvalue weighted by atomic mass is 16.4. The molecule has 0 saturated carbocycles. The standard InChI is InChI=1S/C67H113N17O13/c1-6-43(4)57(73)67(97)74-40-55(85)77-47(27-13-18-32-68)61(91)84-54(39-46-25-11-8-12-26-46)66(96)82-52(37-42(2)3)65(95)81-50(30-16-21-35-71)63(93)79-48(28-14-19-33-69)60(90)76-44(5)58(88)78-49(29-15-20-34-70)62(92)80-51(31-17-22-36-72)64(94)83-53(59(89)75-41-56(86)87)38-45-23-9-7-10-24-45/h7-12,23-26,42-44,47-54,57H,6,13-22,27-41,68-73H2,1-5H3,(H,74,97)(H,75,89)(H,76,90)(H,77,85)(H,78,88)(H,79,93)(H,80,92)(H,81,95)(H,82,96)(H,83,94)(H,84,91)(H,86,87)/t43-,44-,47-,48-,49-,50-,51-,52-,53-,54-,57-/m0/s1. The van der Waals surface area contributed by atoms with Gasteiger partial charge in [-0.05, 0) is 165 Å². The van der Waals surface area contributed by atoms with Gasteiger partial charge in [-0.3, -0.25) is 57.5 Å². The number of amides is 11. The zero-order valence-electron chi connectivity index (χ0n) is 57.4. The SMILES string of the molecule is CC[C@H](C)[C@H](N)C(=O)NCC(=O)N[C@@H](CCCCN)C(=O)N[C@@H](Cc1ccccc1)C(=O)N[C@@H](CC(C)C)C(=O)N[C@@H](CCCCN)C(=O)N[C@@H](CCCCN)C(=O)N[C@@H](C)C(=O)N[C@@H](CCCCN)C(=O)N[C@@H](CCCCN)C(=O)N[C@@H](Cc1ccccc1)C(=O)NCC(=O)O. The number of hydrogen-bond donors (Lipinski definition) is 18. The number of unbranched alkanes of at least 4 members (excludes halogenated alkanes) is 5. The van der Waals surface area contributed by atoms with Crippen LogP contribution in [0.1, 0.15) is 155 Å². The molecule has 97 heavy (non-hydrogen) atoms. The summed E-state index contributed by atoms with van der Waals surface area (Å²) >= 11 is 0. The summed E-state index contributed by atoms with van der Waals surface area (Å²) in [5, 5.41) is 38.6. The van der Waals surface area contributed by atoms with Crippen molar-refractivity contribution >= 4 is 70.9 Å². The van der Waals surface area contributed by atoms with Gasteiger partial charge in [0, 0.05) is 12.8 Å². The molecule has 0 fully saturated rings. The fraction of sp³-hybridized carbons (Fsp3) is 0.642. The minimum atomic E-state index is -1.33. The monoisotopic (exact) mass is 1360 g/mol. The number of nitrogens with two attached hydrogens (primary N) is 6. The van der Waals surface area contributed by atoms with Gasteiger partial charge >= 0.3 is 5.97 Å². The van der Waals surface area contributed by atoms with Crippen LogP contribution in [0.4, 0.5) is 0 Å². The molecule has 24 N–H and O–H groups in total.